The van der Waals surface area contributed by atoms with Gasteiger partial charge in [0.25, 0.3) is 0 Å². The van der Waals surface area contributed by atoms with Gasteiger partial charge in [0.2, 0.25) is 5.91 Å². The van der Waals surface area contributed by atoms with Gasteiger partial charge < -0.3 is 5.32 Å². The smallest absolute Gasteiger partial charge is 0.222 e. The topological polar surface area (TPSA) is 32.3 Å². The summed E-state index contributed by atoms with van der Waals surface area (Å²) in [6, 6.07) is 11.8. The first kappa shape index (κ1) is 14.6. The zero-order chi connectivity index (χ0) is 14.8. The van der Waals surface area contributed by atoms with Crippen molar-refractivity contribution < 1.29 is 4.79 Å². The van der Waals surface area contributed by atoms with E-state index >= 15 is 0 Å². The summed E-state index contributed by atoms with van der Waals surface area (Å²) in [7, 11) is 0. The SMILES string of the molecule is CC(C)C(=O)NC1CC(c2ccccc2)CN(C2CC2)C1. The number of carbonyl (C=O) groups is 1. The maximum Gasteiger partial charge on any atom is 0.222 e. The molecule has 0 radical (unpaired) electrons. The highest BCUT2D eigenvalue weighted by atomic mass is 16.1. The average Bonchev–Trinajstić information content (AvgIpc) is 3.32. The van der Waals surface area contributed by atoms with Gasteiger partial charge in [0.05, 0.1) is 0 Å². The normalized spacial score (nSPS) is 26.8. The van der Waals surface area contributed by atoms with Crippen molar-refractivity contribution in [1.82, 2.24) is 10.2 Å². The number of likely N-dealkylation sites (tertiary alicyclic amines) is 1. The first-order valence-corrected chi connectivity index (χ1v) is 8.23. The van der Waals surface area contributed by atoms with E-state index in [1.165, 1.54) is 18.4 Å². The van der Waals surface area contributed by atoms with E-state index in [1.807, 2.05) is 13.8 Å². The minimum atomic E-state index is 0.0662. The Morgan fingerprint density at radius 1 is 1.19 bits per heavy atom. The lowest BCUT2D eigenvalue weighted by Crippen LogP contribution is -2.51. The molecule has 114 valence electrons. The quantitative estimate of drug-likeness (QED) is 0.923. The van der Waals surface area contributed by atoms with Crippen LogP contribution in [0.5, 0.6) is 0 Å². The lowest BCUT2D eigenvalue weighted by molar-refractivity contribution is -0.125. The van der Waals surface area contributed by atoms with Crippen molar-refractivity contribution in [3.63, 3.8) is 0 Å². The van der Waals surface area contributed by atoms with Gasteiger partial charge in [-0.1, -0.05) is 44.2 Å². The summed E-state index contributed by atoms with van der Waals surface area (Å²) in [6.45, 7) is 6.09. The number of hydrogen-bond acceptors (Lipinski definition) is 2. The van der Waals surface area contributed by atoms with Gasteiger partial charge >= 0.3 is 0 Å². The molecule has 1 saturated heterocycles. The Balaban J connectivity index is 1.71. The molecule has 1 aromatic carbocycles. The molecule has 1 N–H and O–H groups in total. The molecule has 3 nitrogen and oxygen atoms in total. The molecular weight excluding hydrogens is 260 g/mol. The van der Waals surface area contributed by atoms with Gasteiger partial charge in [0.1, 0.15) is 0 Å². The average molecular weight is 286 g/mol. The van der Waals surface area contributed by atoms with Gasteiger partial charge in [-0.15, -0.1) is 0 Å². The van der Waals surface area contributed by atoms with Gasteiger partial charge in [-0.05, 0) is 30.7 Å². The fourth-order valence-electron chi connectivity index (χ4n) is 3.31. The second-order valence-corrected chi connectivity index (χ2v) is 6.89. The Labute approximate surface area is 127 Å². The van der Waals surface area contributed by atoms with Crippen LogP contribution in [0, 0.1) is 5.92 Å². The first-order valence-electron chi connectivity index (χ1n) is 8.23. The van der Waals surface area contributed by atoms with Crippen molar-refractivity contribution in [3.8, 4) is 0 Å². The van der Waals surface area contributed by atoms with E-state index in [4.69, 9.17) is 0 Å². The maximum atomic E-state index is 12.0. The molecule has 1 heterocycles. The molecule has 1 amide bonds. The van der Waals surface area contributed by atoms with Crippen molar-refractivity contribution in [2.45, 2.75) is 51.1 Å². The molecular formula is C18H26N2O. The molecule has 2 atom stereocenters. The largest absolute Gasteiger partial charge is 0.352 e. The Morgan fingerprint density at radius 3 is 2.52 bits per heavy atom. The highest BCUT2D eigenvalue weighted by Gasteiger charge is 2.37. The standard InChI is InChI=1S/C18H26N2O/c1-13(2)18(21)19-16-10-15(14-6-4-3-5-7-14)11-20(12-16)17-8-9-17/h3-7,13,15-17H,8-12H2,1-2H3,(H,19,21). The van der Waals surface area contributed by atoms with Crippen LogP contribution in [0.4, 0.5) is 0 Å². The van der Waals surface area contributed by atoms with Crippen molar-refractivity contribution in [1.29, 1.82) is 0 Å². The molecule has 0 aromatic heterocycles. The molecule has 3 heteroatoms. The monoisotopic (exact) mass is 286 g/mol. The summed E-state index contributed by atoms with van der Waals surface area (Å²) in [4.78, 5) is 14.6. The fourth-order valence-corrected chi connectivity index (χ4v) is 3.31. The molecule has 0 bridgehead atoms. The fraction of sp³-hybridized carbons (Fsp3) is 0.611. The molecule has 1 saturated carbocycles. The number of nitrogens with zero attached hydrogens (tertiary/aromatic N) is 1. The second kappa shape index (κ2) is 6.18. The number of carbonyl (C=O) groups excluding carboxylic acids is 1. The van der Waals surface area contributed by atoms with Crippen LogP contribution in [0.25, 0.3) is 0 Å². The van der Waals surface area contributed by atoms with Gasteiger partial charge in [-0.2, -0.15) is 0 Å². The molecule has 21 heavy (non-hydrogen) atoms. The van der Waals surface area contributed by atoms with Crippen LogP contribution in [0.3, 0.4) is 0 Å². The number of hydrogen-bond donors (Lipinski definition) is 1. The summed E-state index contributed by atoms with van der Waals surface area (Å²) >= 11 is 0. The van der Waals surface area contributed by atoms with Crippen LogP contribution in [0.1, 0.15) is 44.6 Å². The third-order valence-electron chi connectivity index (χ3n) is 4.68. The summed E-state index contributed by atoms with van der Waals surface area (Å²) in [6.07, 6.45) is 3.71. The molecule has 2 fully saturated rings. The van der Waals surface area contributed by atoms with Gasteiger partial charge in [-0.25, -0.2) is 0 Å². The lowest BCUT2D eigenvalue weighted by atomic mass is 9.87. The van der Waals surface area contributed by atoms with Crippen LogP contribution < -0.4 is 5.32 Å². The maximum absolute atomic E-state index is 12.0. The Kier molecular flexibility index (Phi) is 4.29. The lowest BCUT2D eigenvalue weighted by Gasteiger charge is -2.38. The van der Waals surface area contributed by atoms with Crippen molar-refractivity contribution in [3.05, 3.63) is 35.9 Å². The summed E-state index contributed by atoms with van der Waals surface area (Å²) in [5.74, 6) is 0.791. The van der Waals surface area contributed by atoms with Crippen LogP contribution in [-0.4, -0.2) is 36.0 Å². The molecule has 1 aliphatic heterocycles. The number of benzene rings is 1. The van der Waals surface area contributed by atoms with E-state index in [-0.39, 0.29) is 11.8 Å². The Morgan fingerprint density at radius 2 is 1.90 bits per heavy atom. The number of rotatable bonds is 4. The van der Waals surface area contributed by atoms with Crippen LogP contribution in [0.2, 0.25) is 0 Å². The highest BCUT2D eigenvalue weighted by molar-refractivity contribution is 5.78. The molecule has 1 aliphatic carbocycles. The molecule has 0 spiro atoms. The predicted molar refractivity (Wildman–Crippen MR) is 85.2 cm³/mol. The third kappa shape index (κ3) is 3.65. The molecule has 2 unspecified atom stereocenters. The Hall–Kier alpha value is -1.35. The second-order valence-electron chi connectivity index (χ2n) is 6.89. The van der Waals surface area contributed by atoms with Crippen molar-refractivity contribution >= 4 is 5.91 Å². The number of amides is 1. The van der Waals surface area contributed by atoms with E-state index in [2.05, 4.69) is 40.5 Å². The van der Waals surface area contributed by atoms with E-state index < -0.39 is 0 Å². The van der Waals surface area contributed by atoms with Gasteiger partial charge in [-0.3, -0.25) is 9.69 Å². The van der Waals surface area contributed by atoms with Gasteiger partial charge in [0, 0.05) is 31.1 Å². The minimum Gasteiger partial charge on any atom is -0.352 e. The summed E-state index contributed by atoms with van der Waals surface area (Å²) in [5, 5.41) is 3.25. The number of piperidine rings is 1. The zero-order valence-electron chi connectivity index (χ0n) is 13.1. The first-order chi connectivity index (χ1) is 10.1. The molecule has 2 aliphatic rings. The van der Waals surface area contributed by atoms with E-state index in [1.54, 1.807) is 0 Å². The third-order valence-corrected chi connectivity index (χ3v) is 4.68. The summed E-state index contributed by atoms with van der Waals surface area (Å²) < 4.78 is 0. The van der Waals surface area contributed by atoms with Crippen LogP contribution >= 0.6 is 0 Å². The molecule has 3 rings (SSSR count). The van der Waals surface area contributed by atoms with E-state index in [0.717, 1.165) is 25.6 Å². The van der Waals surface area contributed by atoms with Crippen molar-refractivity contribution in [2.75, 3.05) is 13.1 Å². The van der Waals surface area contributed by atoms with Crippen LogP contribution in [0.15, 0.2) is 30.3 Å². The minimum absolute atomic E-state index is 0.0662. The number of nitrogens with one attached hydrogen (secondary N) is 1. The Bertz CT molecular complexity index is 481. The van der Waals surface area contributed by atoms with Gasteiger partial charge in [0.15, 0.2) is 0 Å². The summed E-state index contributed by atoms with van der Waals surface area (Å²) in [5.41, 5.74) is 1.41. The van der Waals surface area contributed by atoms with Crippen LogP contribution in [-0.2, 0) is 4.79 Å². The zero-order valence-corrected chi connectivity index (χ0v) is 13.1. The van der Waals surface area contributed by atoms with E-state index in [9.17, 15) is 4.79 Å². The van der Waals surface area contributed by atoms with Crippen molar-refractivity contribution in [2.24, 2.45) is 5.92 Å². The predicted octanol–water partition coefficient (Wildman–Crippen LogP) is 2.78. The highest BCUT2D eigenvalue weighted by Crippen LogP contribution is 2.34. The van der Waals surface area contributed by atoms with E-state index in [0.29, 0.717) is 12.0 Å². The molecule has 1 aromatic rings.